The van der Waals surface area contributed by atoms with Crippen LogP contribution < -0.4 is 22.8 Å². The number of piperidine rings is 1. The summed E-state index contributed by atoms with van der Waals surface area (Å²) < 4.78 is 8.27. The van der Waals surface area contributed by atoms with E-state index in [1.54, 1.807) is 0 Å². The van der Waals surface area contributed by atoms with Crippen LogP contribution >= 0.6 is 18.6 Å². The fourth-order valence-electron chi connectivity index (χ4n) is 2.95. The number of rotatable bonds is 5. The van der Waals surface area contributed by atoms with Gasteiger partial charge in [-0.05, 0) is 0 Å². The van der Waals surface area contributed by atoms with Crippen molar-refractivity contribution in [2.75, 3.05) is 39.3 Å². The molecule has 1 amide bonds. The van der Waals surface area contributed by atoms with E-state index in [2.05, 4.69) is 45.8 Å². The van der Waals surface area contributed by atoms with Crippen LogP contribution in [-0.4, -0.2) is 64.9 Å². The molecule has 0 spiro atoms. The molecule has 0 aromatic rings. The van der Waals surface area contributed by atoms with Crippen molar-refractivity contribution in [3.05, 3.63) is 0 Å². The van der Waals surface area contributed by atoms with Crippen molar-refractivity contribution in [3.8, 4) is 0 Å². The zero-order valence-electron chi connectivity index (χ0n) is 12.9. The van der Waals surface area contributed by atoms with Crippen molar-refractivity contribution < 1.29 is 27.0 Å². The number of hydrogen-bond donors (Lipinski definition) is 1. The Labute approximate surface area is 148 Å². The summed E-state index contributed by atoms with van der Waals surface area (Å²) >= 11 is 2.68. The molecule has 1 N–H and O–H groups in total. The third kappa shape index (κ3) is 5.74. The van der Waals surface area contributed by atoms with Gasteiger partial charge in [-0.25, -0.2) is 0 Å². The van der Waals surface area contributed by atoms with E-state index >= 15 is 0 Å². The van der Waals surface area contributed by atoms with Crippen LogP contribution in [0.25, 0.3) is 0 Å². The first-order chi connectivity index (χ1) is 10.0. The van der Waals surface area contributed by atoms with Gasteiger partial charge in [-0.15, -0.1) is 0 Å². The van der Waals surface area contributed by atoms with Gasteiger partial charge in [0, 0.05) is 0 Å². The monoisotopic (exact) mass is 522 g/mol. The van der Waals surface area contributed by atoms with Gasteiger partial charge in [-0.1, -0.05) is 0 Å². The first-order valence-corrected chi connectivity index (χ1v) is 15.0. The molecule has 0 aliphatic carbocycles. The standard InChI is InChI=1S/C14H26I2N3O2/c1-3-18-8-9-21-12(11-18)10-13(20)17-14(2)4-6-19(16-15)7-5-14/h12H,3-11H2,1-2H3,(H,17,20)/q-1. The Hall–Kier alpha value is 0.810. The molecule has 2 saturated heterocycles. The molecule has 7 heteroatoms. The van der Waals surface area contributed by atoms with Gasteiger partial charge in [-0.2, -0.15) is 0 Å². The number of likely N-dealkylation sites (N-methyl/N-ethyl adjacent to an activating group) is 1. The van der Waals surface area contributed by atoms with Crippen molar-refractivity contribution in [1.82, 2.24) is 13.3 Å². The van der Waals surface area contributed by atoms with Gasteiger partial charge in [0.25, 0.3) is 0 Å². The number of nitrogens with zero attached hydrogens (tertiary/aromatic N) is 2. The maximum absolute atomic E-state index is 12.3. The third-order valence-electron chi connectivity index (χ3n) is 4.43. The summed E-state index contributed by atoms with van der Waals surface area (Å²) in [7, 11) is 0. The van der Waals surface area contributed by atoms with Crippen LogP contribution in [0.15, 0.2) is 0 Å². The number of amides is 1. The van der Waals surface area contributed by atoms with E-state index in [0.29, 0.717) is 6.42 Å². The summed E-state index contributed by atoms with van der Waals surface area (Å²) in [6, 6.07) is 0. The first kappa shape index (κ1) is 18.2. The van der Waals surface area contributed by atoms with Gasteiger partial charge >= 0.3 is 149 Å². The minimum atomic E-state index is -0.0256. The second kappa shape index (κ2) is 8.60. The second-order valence-electron chi connectivity index (χ2n) is 6.17. The molecule has 0 bridgehead atoms. The average molecular weight is 522 g/mol. The zero-order valence-corrected chi connectivity index (χ0v) is 17.2. The van der Waals surface area contributed by atoms with E-state index in [-0.39, 0.29) is 35.1 Å². The van der Waals surface area contributed by atoms with Gasteiger partial charge in [0.05, 0.1) is 0 Å². The molecule has 1 unspecified atom stereocenters. The summed E-state index contributed by atoms with van der Waals surface area (Å²) in [5.41, 5.74) is -0.0256. The van der Waals surface area contributed by atoms with Gasteiger partial charge in [-0.3, -0.25) is 0 Å². The van der Waals surface area contributed by atoms with Crippen LogP contribution in [0.3, 0.4) is 0 Å². The fraction of sp³-hybridized carbons (Fsp3) is 0.929. The molecule has 0 radical (unpaired) electrons. The predicted octanol–water partition coefficient (Wildman–Crippen LogP) is -1.58. The van der Waals surface area contributed by atoms with E-state index < -0.39 is 0 Å². The number of carbonyl (C=O) groups excluding carboxylic acids is 1. The predicted molar refractivity (Wildman–Crippen MR) is 87.8 cm³/mol. The van der Waals surface area contributed by atoms with E-state index in [0.717, 1.165) is 52.2 Å². The Bertz CT molecular complexity index is 349. The molecule has 1 atom stereocenters. The summed E-state index contributed by atoms with van der Waals surface area (Å²) in [5.74, 6) is 0.151. The van der Waals surface area contributed by atoms with Gasteiger partial charge < -0.3 is 0 Å². The second-order valence-corrected chi connectivity index (χ2v) is 10.3. The number of ether oxygens (including phenoxy) is 1. The Morgan fingerprint density at radius 1 is 1.43 bits per heavy atom. The number of halogens is 2. The normalized spacial score (nSPS) is 27.7. The summed E-state index contributed by atoms with van der Waals surface area (Å²) in [6.07, 6.45) is 2.68. The molecular weight excluding hydrogens is 496 g/mol. The van der Waals surface area contributed by atoms with E-state index in [4.69, 9.17) is 4.74 Å². The van der Waals surface area contributed by atoms with Crippen molar-refractivity contribution in [1.29, 1.82) is 0 Å². The molecule has 2 aliphatic heterocycles. The molecule has 2 aliphatic rings. The molecule has 2 fully saturated rings. The summed E-state index contributed by atoms with van der Waals surface area (Å²) in [5, 5.41) is 3.27. The minimum absolute atomic E-state index is 0.0256. The fourth-order valence-corrected chi connectivity index (χ4v) is 6.24. The van der Waals surface area contributed by atoms with Crippen LogP contribution in [0.4, 0.5) is 0 Å². The summed E-state index contributed by atoms with van der Waals surface area (Å²) in [4.78, 5) is 14.7. The van der Waals surface area contributed by atoms with Crippen molar-refractivity contribution in [2.24, 2.45) is 0 Å². The van der Waals surface area contributed by atoms with Crippen molar-refractivity contribution >= 4 is 24.5 Å². The first-order valence-electron chi connectivity index (χ1n) is 7.71. The number of carbonyl (C=O) groups is 1. The van der Waals surface area contributed by atoms with E-state index in [1.807, 2.05) is 0 Å². The summed E-state index contributed by atoms with van der Waals surface area (Å²) in [6.45, 7) is 10.2. The van der Waals surface area contributed by atoms with Crippen LogP contribution in [0.5, 0.6) is 0 Å². The molecule has 124 valence electrons. The molecule has 0 saturated carbocycles. The topological polar surface area (TPSA) is 44.8 Å². The molecule has 0 aromatic heterocycles. The van der Waals surface area contributed by atoms with E-state index in [9.17, 15) is 4.79 Å². The van der Waals surface area contributed by atoms with Crippen molar-refractivity contribution in [2.45, 2.75) is 44.8 Å². The molecular formula is C14H26I2N3O2-. The van der Waals surface area contributed by atoms with Gasteiger partial charge in [0.2, 0.25) is 0 Å². The van der Waals surface area contributed by atoms with Crippen LogP contribution in [0.2, 0.25) is 0 Å². The van der Waals surface area contributed by atoms with Gasteiger partial charge in [0.1, 0.15) is 0 Å². The Morgan fingerprint density at radius 2 is 2.14 bits per heavy atom. The Kier molecular flexibility index (Phi) is 7.44. The molecule has 5 nitrogen and oxygen atoms in total. The molecule has 2 rings (SSSR count). The average Bonchev–Trinajstić information content (AvgIpc) is 2.47. The Morgan fingerprint density at radius 3 is 2.76 bits per heavy atom. The number of nitrogens with one attached hydrogen (secondary N) is 1. The van der Waals surface area contributed by atoms with Crippen LogP contribution in [0, 0.1) is 0 Å². The third-order valence-corrected chi connectivity index (χ3v) is 9.37. The molecule has 0 aromatic carbocycles. The Balaban J connectivity index is 1.76. The quantitative estimate of drug-likeness (QED) is 0.350. The zero-order chi connectivity index (χ0) is 15.3. The maximum atomic E-state index is 12.3. The molecule has 2 heterocycles. The number of morpholine rings is 1. The number of hydrogen-bond acceptors (Lipinski definition) is 4. The SMILES string of the molecule is CCN1CCOC(CC(=O)NC2(C)CCN([I-]I)CC2)C1. The van der Waals surface area contributed by atoms with Gasteiger partial charge in [0.15, 0.2) is 0 Å². The van der Waals surface area contributed by atoms with Crippen molar-refractivity contribution in [3.63, 3.8) is 0 Å². The van der Waals surface area contributed by atoms with Crippen LogP contribution in [0.1, 0.15) is 33.1 Å². The van der Waals surface area contributed by atoms with E-state index in [1.165, 1.54) is 0 Å². The van der Waals surface area contributed by atoms with Crippen LogP contribution in [-0.2, 0) is 9.53 Å². The molecule has 21 heavy (non-hydrogen) atoms.